The topological polar surface area (TPSA) is 52.6 Å². The maximum Gasteiger partial charge on any atom is 0.362 e. The van der Waals surface area contributed by atoms with Crippen molar-refractivity contribution in [2.75, 3.05) is 27.7 Å². The minimum atomic E-state index is -0.347. The van der Waals surface area contributed by atoms with Crippen LogP contribution in [0.3, 0.4) is 0 Å². The average molecular weight is 533 g/mol. The number of carbonyl (C=O) groups is 2. The average Bonchev–Trinajstić information content (AvgIpc) is 2.78. The molecule has 1 aliphatic rings. The van der Waals surface area contributed by atoms with Gasteiger partial charge < -0.3 is 30.9 Å². The minimum absolute atomic E-state index is 0. The summed E-state index contributed by atoms with van der Waals surface area (Å²) in [7, 11) is 5.44. The third-order valence-electron chi connectivity index (χ3n) is 6.90. The molecular weight excluding hydrogens is 494 g/mol. The fraction of sp³-hybridized carbons (Fsp3) is 0.500. The number of hydrogen-bond acceptors (Lipinski definition) is 4. The van der Waals surface area contributed by atoms with Crippen LogP contribution in [-0.4, -0.2) is 50.3 Å². The van der Waals surface area contributed by atoms with E-state index in [2.05, 4.69) is 38.1 Å². The number of rotatable bonds is 8. The number of hydrogen-bond donors (Lipinski definition) is 0. The number of ether oxygens (including phenoxy) is 2. The van der Waals surface area contributed by atoms with Crippen molar-refractivity contribution in [1.29, 1.82) is 0 Å². The lowest BCUT2D eigenvalue weighted by atomic mass is 9.73. The largest absolute Gasteiger partial charge is 1.00 e. The second kappa shape index (κ2) is 12.5. The van der Waals surface area contributed by atoms with Crippen LogP contribution in [0.25, 0.3) is 0 Å². The van der Waals surface area contributed by atoms with Gasteiger partial charge in [-0.05, 0) is 42.4 Å². The van der Waals surface area contributed by atoms with Crippen molar-refractivity contribution < 1.29 is 40.5 Å². The highest BCUT2D eigenvalue weighted by Gasteiger charge is 2.36. The van der Waals surface area contributed by atoms with E-state index in [1.165, 1.54) is 19.1 Å². The second-order valence-corrected chi connectivity index (χ2v) is 10.3. The molecule has 4 atom stereocenters. The minimum Gasteiger partial charge on any atom is -1.00 e. The van der Waals surface area contributed by atoms with E-state index in [0.29, 0.717) is 40.9 Å². The van der Waals surface area contributed by atoms with Gasteiger partial charge in [0.05, 0.1) is 26.8 Å². The molecule has 0 spiro atoms. The van der Waals surface area contributed by atoms with Gasteiger partial charge in [-0.25, -0.2) is 9.59 Å². The van der Waals surface area contributed by atoms with Gasteiger partial charge in [-0.2, -0.15) is 0 Å². The van der Waals surface area contributed by atoms with E-state index in [-0.39, 0.29) is 35.0 Å². The molecule has 0 aromatic heterocycles. The summed E-state index contributed by atoms with van der Waals surface area (Å²) in [6.45, 7) is 5.48. The van der Waals surface area contributed by atoms with Crippen molar-refractivity contribution in [2.45, 2.75) is 51.7 Å². The molecule has 0 aliphatic heterocycles. The normalized spacial score (nSPS) is 21.1. The van der Waals surface area contributed by atoms with Crippen LogP contribution < -0.4 is 17.0 Å². The molecule has 0 unspecified atom stereocenters. The zero-order valence-electron chi connectivity index (χ0n) is 21.0. The van der Waals surface area contributed by atoms with E-state index in [9.17, 15) is 9.59 Å². The van der Waals surface area contributed by atoms with Gasteiger partial charge >= 0.3 is 11.9 Å². The number of methoxy groups -OCH3 is 1. The number of benzene rings is 2. The van der Waals surface area contributed by atoms with Gasteiger partial charge in [0.15, 0.2) is 6.54 Å². The van der Waals surface area contributed by atoms with Crippen LogP contribution in [-0.2, 0) is 20.8 Å². The molecule has 6 heteroatoms. The second-order valence-electron chi connectivity index (χ2n) is 10.3. The summed E-state index contributed by atoms with van der Waals surface area (Å²) < 4.78 is 11.4. The highest BCUT2D eigenvalue weighted by molar-refractivity contribution is 5.89. The molecular formula is C28H38BrNO4. The lowest BCUT2D eigenvalue weighted by molar-refractivity contribution is -0.896. The van der Waals surface area contributed by atoms with Gasteiger partial charge in [-0.1, -0.05) is 62.7 Å². The molecule has 0 radical (unpaired) electrons. The Bertz CT molecular complexity index is 929. The number of halogens is 1. The fourth-order valence-corrected chi connectivity index (χ4v) is 5.03. The Balaban J connectivity index is 0.00000408. The van der Waals surface area contributed by atoms with E-state index in [1.807, 2.05) is 32.3 Å². The Labute approximate surface area is 214 Å². The van der Waals surface area contributed by atoms with Crippen LogP contribution in [0.1, 0.15) is 60.5 Å². The molecule has 2 aromatic rings. The van der Waals surface area contributed by atoms with Gasteiger partial charge in [0.25, 0.3) is 0 Å². The standard InChI is InChI=1S/C28H38NO4.BrH/c1-20-11-16-25(21(2)23-9-7-6-8-10-23)26(17-20)33-27(30)19-29(3,4)18-22-12-14-24(15-13-22)28(31)32-5;/h6-10,12-15,20-21,25-26H,11,16-19H2,1-5H3;1H/q+1;/p-1/t20-,21-,25+,26-;/m1./s1. The summed E-state index contributed by atoms with van der Waals surface area (Å²) >= 11 is 0. The van der Waals surface area contributed by atoms with Crippen LogP contribution in [0, 0.1) is 11.8 Å². The predicted molar refractivity (Wildman–Crippen MR) is 130 cm³/mol. The van der Waals surface area contributed by atoms with Crippen molar-refractivity contribution in [2.24, 2.45) is 11.8 Å². The maximum atomic E-state index is 13.0. The lowest BCUT2D eigenvalue weighted by Gasteiger charge is -2.38. The summed E-state index contributed by atoms with van der Waals surface area (Å²) in [5.74, 6) is 0.773. The van der Waals surface area contributed by atoms with Gasteiger partial charge in [0, 0.05) is 11.5 Å². The first-order chi connectivity index (χ1) is 15.7. The molecule has 0 bridgehead atoms. The van der Waals surface area contributed by atoms with Crippen molar-refractivity contribution in [3.63, 3.8) is 0 Å². The zero-order valence-corrected chi connectivity index (χ0v) is 22.6. The number of likely N-dealkylation sites (N-methyl/N-ethyl adjacent to an activating group) is 1. The maximum absolute atomic E-state index is 13.0. The third-order valence-corrected chi connectivity index (χ3v) is 6.90. The Morgan fingerprint density at radius 3 is 2.29 bits per heavy atom. The van der Waals surface area contributed by atoms with Gasteiger partial charge in [-0.3, -0.25) is 0 Å². The van der Waals surface area contributed by atoms with Crippen molar-refractivity contribution in [1.82, 2.24) is 0 Å². The van der Waals surface area contributed by atoms with Crippen molar-refractivity contribution in [3.8, 4) is 0 Å². The Hall–Kier alpha value is -2.18. The molecule has 1 fully saturated rings. The predicted octanol–water partition coefficient (Wildman–Crippen LogP) is 2.21. The first-order valence-corrected chi connectivity index (χ1v) is 11.9. The highest BCUT2D eigenvalue weighted by atomic mass is 79.9. The highest BCUT2D eigenvalue weighted by Crippen LogP contribution is 2.39. The molecule has 34 heavy (non-hydrogen) atoms. The first kappa shape index (κ1) is 28.1. The fourth-order valence-electron chi connectivity index (χ4n) is 5.03. The Morgan fingerprint density at radius 2 is 1.68 bits per heavy atom. The molecule has 0 N–H and O–H groups in total. The molecule has 5 nitrogen and oxygen atoms in total. The van der Waals surface area contributed by atoms with Gasteiger partial charge in [0.1, 0.15) is 12.6 Å². The molecule has 3 rings (SSSR count). The van der Waals surface area contributed by atoms with Crippen LogP contribution in [0.15, 0.2) is 54.6 Å². The van der Waals surface area contributed by atoms with E-state index >= 15 is 0 Å². The number of carbonyl (C=O) groups excluding carboxylic acids is 2. The molecule has 2 aromatic carbocycles. The van der Waals surface area contributed by atoms with E-state index in [4.69, 9.17) is 9.47 Å². The molecule has 1 saturated carbocycles. The number of esters is 2. The smallest absolute Gasteiger partial charge is 0.362 e. The quantitative estimate of drug-likeness (QED) is 0.387. The van der Waals surface area contributed by atoms with E-state index < -0.39 is 0 Å². The van der Waals surface area contributed by atoms with E-state index in [0.717, 1.165) is 18.4 Å². The SMILES string of the molecule is COC(=O)c1ccc(C[N+](C)(C)CC(=O)O[C@@H]2C[C@H](C)CC[C@H]2[C@H](C)c2ccccc2)cc1.[Br-]. The van der Waals surface area contributed by atoms with Crippen LogP contribution in [0.2, 0.25) is 0 Å². The van der Waals surface area contributed by atoms with Gasteiger partial charge in [0.2, 0.25) is 0 Å². The van der Waals surface area contributed by atoms with Crippen LogP contribution >= 0.6 is 0 Å². The summed E-state index contributed by atoms with van der Waals surface area (Å²) in [5.41, 5.74) is 2.89. The Kier molecular flexibility index (Phi) is 10.3. The summed E-state index contributed by atoms with van der Waals surface area (Å²) in [6.07, 6.45) is 3.14. The number of quaternary nitrogens is 1. The molecule has 186 valence electrons. The molecule has 0 saturated heterocycles. The first-order valence-electron chi connectivity index (χ1n) is 11.9. The molecule has 0 amide bonds. The monoisotopic (exact) mass is 531 g/mol. The van der Waals surface area contributed by atoms with Crippen LogP contribution in [0.4, 0.5) is 0 Å². The third kappa shape index (κ3) is 7.67. The zero-order chi connectivity index (χ0) is 24.0. The van der Waals surface area contributed by atoms with Crippen molar-refractivity contribution in [3.05, 3.63) is 71.3 Å². The molecule has 1 aliphatic carbocycles. The number of nitrogens with zero attached hydrogens (tertiary/aromatic N) is 1. The van der Waals surface area contributed by atoms with Crippen molar-refractivity contribution >= 4 is 11.9 Å². The van der Waals surface area contributed by atoms with Crippen LogP contribution in [0.5, 0.6) is 0 Å². The van der Waals surface area contributed by atoms with Gasteiger partial charge in [-0.15, -0.1) is 0 Å². The summed E-state index contributed by atoms with van der Waals surface area (Å²) in [4.78, 5) is 24.7. The van der Waals surface area contributed by atoms with E-state index in [1.54, 1.807) is 12.1 Å². The summed E-state index contributed by atoms with van der Waals surface area (Å²) in [5, 5.41) is 0. The molecule has 0 heterocycles. The Morgan fingerprint density at radius 1 is 1.03 bits per heavy atom. The lowest BCUT2D eigenvalue weighted by Crippen LogP contribution is -3.00. The summed E-state index contributed by atoms with van der Waals surface area (Å²) in [6, 6.07) is 17.9.